The Labute approximate surface area is 202 Å². The highest BCUT2D eigenvalue weighted by Crippen LogP contribution is 2.36. The number of azo groups is 1. The number of thiocarbonyl (C=S) groups is 1. The van der Waals surface area contributed by atoms with E-state index in [1.165, 1.54) is 41.3 Å². The largest absolute Gasteiger partial charge is 0.507 e. The highest BCUT2D eigenvalue weighted by Gasteiger charge is 2.32. The molecule has 0 aromatic heterocycles. The van der Waals surface area contributed by atoms with Crippen LogP contribution in [0.4, 0.5) is 24.5 Å². The Morgan fingerprint density at radius 3 is 2.38 bits per heavy atom. The quantitative estimate of drug-likeness (QED) is 0.229. The van der Waals surface area contributed by atoms with Gasteiger partial charge in [-0.05, 0) is 48.0 Å². The van der Waals surface area contributed by atoms with Gasteiger partial charge in [-0.1, -0.05) is 60.4 Å². The molecular weight excluding hydrogens is 483 g/mol. The minimum absolute atomic E-state index is 0.0335. The van der Waals surface area contributed by atoms with Crippen molar-refractivity contribution in [2.45, 2.75) is 12.7 Å². The third kappa shape index (κ3) is 5.52. The Kier molecular flexibility index (Phi) is 6.80. The number of carbonyl (C=O) groups is 1. The maximum absolute atomic E-state index is 12.9. The van der Waals surface area contributed by atoms with Gasteiger partial charge in [-0.15, -0.1) is 0 Å². The van der Waals surface area contributed by atoms with Crippen LogP contribution in [-0.4, -0.2) is 20.2 Å². The normalized spacial score (nSPS) is 15.6. The summed E-state index contributed by atoms with van der Waals surface area (Å²) in [5.74, 6) is -0.374. The summed E-state index contributed by atoms with van der Waals surface area (Å²) in [5, 5.41) is 18.1. The molecule has 5 nitrogen and oxygen atoms in total. The molecule has 1 saturated heterocycles. The zero-order valence-electron chi connectivity index (χ0n) is 17.4. The molecule has 0 bridgehead atoms. The smallest absolute Gasteiger partial charge is 0.416 e. The third-order valence-electron chi connectivity index (χ3n) is 4.81. The van der Waals surface area contributed by atoms with E-state index in [9.17, 15) is 23.1 Å². The third-order valence-corrected chi connectivity index (χ3v) is 6.19. The molecule has 1 aliphatic rings. The van der Waals surface area contributed by atoms with Crippen LogP contribution in [0.2, 0.25) is 0 Å². The number of alkyl halides is 3. The first-order valence-electron chi connectivity index (χ1n) is 9.92. The summed E-state index contributed by atoms with van der Waals surface area (Å²) < 4.78 is 39.1. The Morgan fingerprint density at radius 1 is 0.971 bits per heavy atom. The van der Waals surface area contributed by atoms with Crippen molar-refractivity contribution in [1.82, 2.24) is 4.90 Å². The van der Waals surface area contributed by atoms with Gasteiger partial charge in [-0.25, -0.2) is 0 Å². The van der Waals surface area contributed by atoms with Gasteiger partial charge in [0.15, 0.2) is 0 Å². The van der Waals surface area contributed by atoms with E-state index in [1.807, 2.05) is 30.3 Å². The maximum Gasteiger partial charge on any atom is 0.416 e. The van der Waals surface area contributed by atoms with Crippen molar-refractivity contribution in [1.29, 1.82) is 0 Å². The molecule has 0 radical (unpaired) electrons. The lowest BCUT2D eigenvalue weighted by Crippen LogP contribution is -2.27. The molecule has 10 heteroatoms. The molecule has 3 aromatic carbocycles. The van der Waals surface area contributed by atoms with E-state index < -0.39 is 11.7 Å². The highest BCUT2D eigenvalue weighted by molar-refractivity contribution is 8.26. The molecule has 1 heterocycles. The van der Waals surface area contributed by atoms with Crippen LogP contribution in [0.25, 0.3) is 6.08 Å². The first-order chi connectivity index (χ1) is 16.2. The molecule has 1 N–H and O–H groups in total. The number of amides is 1. The zero-order valence-corrected chi connectivity index (χ0v) is 19.0. The molecule has 0 saturated carbocycles. The van der Waals surface area contributed by atoms with Crippen LogP contribution in [-0.2, 0) is 17.5 Å². The van der Waals surface area contributed by atoms with Crippen LogP contribution in [0.5, 0.6) is 5.75 Å². The Bertz CT molecular complexity index is 1310. The minimum Gasteiger partial charge on any atom is -0.507 e. The molecule has 1 fully saturated rings. The van der Waals surface area contributed by atoms with Crippen molar-refractivity contribution in [3.8, 4) is 5.75 Å². The number of rotatable bonds is 5. The number of thioether (sulfide) groups is 1. The van der Waals surface area contributed by atoms with E-state index in [0.717, 1.165) is 29.5 Å². The summed E-state index contributed by atoms with van der Waals surface area (Å²) >= 11 is 6.47. The number of halogens is 3. The monoisotopic (exact) mass is 499 g/mol. The molecule has 172 valence electrons. The van der Waals surface area contributed by atoms with E-state index in [2.05, 4.69) is 10.2 Å². The number of aromatic hydroxyl groups is 1. The SMILES string of the molecule is O=C1/C(=C/c2cc(N=Nc3cccc(C(F)(F)F)c3)ccc2O)SC(=S)N1Cc1ccccc1. The van der Waals surface area contributed by atoms with Crippen molar-refractivity contribution in [2.75, 3.05) is 0 Å². The molecule has 0 atom stereocenters. The average molecular weight is 500 g/mol. The molecule has 34 heavy (non-hydrogen) atoms. The second kappa shape index (κ2) is 9.78. The van der Waals surface area contributed by atoms with Gasteiger partial charge in [-0.3, -0.25) is 9.69 Å². The van der Waals surface area contributed by atoms with Gasteiger partial charge in [0.2, 0.25) is 0 Å². The predicted molar refractivity (Wildman–Crippen MR) is 129 cm³/mol. The van der Waals surface area contributed by atoms with Gasteiger partial charge >= 0.3 is 6.18 Å². The van der Waals surface area contributed by atoms with Crippen LogP contribution in [0.3, 0.4) is 0 Å². The Balaban J connectivity index is 1.55. The van der Waals surface area contributed by atoms with Crippen LogP contribution in [0.15, 0.2) is 87.9 Å². The molecule has 0 aliphatic carbocycles. The van der Waals surface area contributed by atoms with Crippen LogP contribution in [0, 0.1) is 0 Å². The van der Waals surface area contributed by atoms with E-state index in [0.29, 0.717) is 27.0 Å². The number of nitrogens with zero attached hydrogens (tertiary/aromatic N) is 3. The summed E-state index contributed by atoms with van der Waals surface area (Å²) in [6.45, 7) is 0.333. The van der Waals surface area contributed by atoms with Gasteiger partial charge in [0, 0.05) is 5.56 Å². The fraction of sp³-hybridized carbons (Fsp3) is 0.0833. The standard InChI is InChI=1S/C24H16F3N3O2S2/c25-24(26,27)17-7-4-8-18(13-17)28-29-19-9-10-20(31)16(11-19)12-21-22(32)30(23(33)34-21)14-15-5-2-1-3-6-15/h1-13,31H,14H2/b21-12-,29-28?. The van der Waals surface area contributed by atoms with Crippen molar-refractivity contribution < 1.29 is 23.1 Å². The lowest BCUT2D eigenvalue weighted by Gasteiger charge is -2.14. The van der Waals surface area contributed by atoms with Crippen LogP contribution >= 0.6 is 24.0 Å². The van der Waals surface area contributed by atoms with E-state index >= 15 is 0 Å². The number of hydrogen-bond donors (Lipinski definition) is 1. The summed E-state index contributed by atoms with van der Waals surface area (Å²) in [4.78, 5) is 14.7. The maximum atomic E-state index is 12.9. The molecule has 0 unspecified atom stereocenters. The summed E-state index contributed by atoms with van der Waals surface area (Å²) in [7, 11) is 0. The number of carbonyl (C=O) groups excluding carboxylic acids is 1. The minimum atomic E-state index is -4.48. The van der Waals surface area contributed by atoms with Crippen molar-refractivity contribution >= 4 is 51.7 Å². The fourth-order valence-corrected chi connectivity index (χ4v) is 4.37. The second-order valence-corrected chi connectivity index (χ2v) is 8.92. The van der Waals surface area contributed by atoms with Crippen molar-refractivity contribution in [2.24, 2.45) is 10.2 Å². The van der Waals surface area contributed by atoms with E-state index in [4.69, 9.17) is 12.2 Å². The molecule has 1 amide bonds. The second-order valence-electron chi connectivity index (χ2n) is 7.24. The van der Waals surface area contributed by atoms with Gasteiger partial charge in [0.25, 0.3) is 5.91 Å². The number of phenolic OH excluding ortho intramolecular Hbond substituents is 1. The number of phenols is 1. The van der Waals surface area contributed by atoms with Gasteiger partial charge in [-0.2, -0.15) is 23.4 Å². The lowest BCUT2D eigenvalue weighted by molar-refractivity contribution is -0.137. The lowest BCUT2D eigenvalue weighted by atomic mass is 10.1. The highest BCUT2D eigenvalue weighted by atomic mass is 32.2. The number of benzene rings is 3. The van der Waals surface area contributed by atoms with Crippen LogP contribution < -0.4 is 0 Å². The van der Waals surface area contributed by atoms with Crippen molar-refractivity contribution in [3.63, 3.8) is 0 Å². The fourth-order valence-electron chi connectivity index (χ4n) is 3.12. The molecule has 0 spiro atoms. The summed E-state index contributed by atoms with van der Waals surface area (Å²) in [6, 6.07) is 18.2. The average Bonchev–Trinajstić information content (AvgIpc) is 3.07. The number of hydrogen-bond acceptors (Lipinski definition) is 6. The first kappa shape index (κ1) is 23.7. The zero-order chi connectivity index (χ0) is 24.3. The van der Waals surface area contributed by atoms with Crippen LogP contribution in [0.1, 0.15) is 16.7 Å². The molecule has 1 aliphatic heterocycles. The summed E-state index contributed by atoms with van der Waals surface area (Å²) in [5.41, 5.74) is 0.737. The van der Waals surface area contributed by atoms with Gasteiger partial charge in [0.05, 0.1) is 28.4 Å². The van der Waals surface area contributed by atoms with Crippen molar-refractivity contribution in [3.05, 3.63) is 94.4 Å². The van der Waals surface area contributed by atoms with Gasteiger partial charge < -0.3 is 5.11 Å². The van der Waals surface area contributed by atoms with E-state index in [-0.39, 0.29) is 17.3 Å². The Hall–Kier alpha value is -3.50. The predicted octanol–water partition coefficient (Wildman–Crippen LogP) is 7.23. The molecule has 3 aromatic rings. The molecule has 4 rings (SSSR count). The topological polar surface area (TPSA) is 65.3 Å². The van der Waals surface area contributed by atoms with Gasteiger partial charge in [0.1, 0.15) is 10.1 Å². The first-order valence-corrected chi connectivity index (χ1v) is 11.1. The summed E-state index contributed by atoms with van der Waals surface area (Å²) in [6.07, 6.45) is -2.98. The molecular formula is C24H16F3N3O2S2. The Morgan fingerprint density at radius 2 is 1.68 bits per heavy atom. The van der Waals surface area contributed by atoms with E-state index in [1.54, 1.807) is 0 Å².